The third-order valence-corrected chi connectivity index (χ3v) is 3.77. The van der Waals surface area contributed by atoms with Crippen LogP contribution >= 0.6 is 0 Å². The van der Waals surface area contributed by atoms with Crippen LogP contribution in [0.5, 0.6) is 0 Å². The van der Waals surface area contributed by atoms with Crippen molar-refractivity contribution in [1.82, 2.24) is 5.32 Å². The van der Waals surface area contributed by atoms with E-state index in [-0.39, 0.29) is 12.0 Å². The number of rotatable bonds is 2. The van der Waals surface area contributed by atoms with E-state index in [1.807, 2.05) is 74.5 Å². The molecule has 0 bridgehead atoms. The molecule has 2 heteroatoms. The molecule has 1 aliphatic rings. The normalized spacial score (nSPS) is 17.8. The molecular formula is C19H18FN. The Morgan fingerprint density at radius 1 is 0.857 bits per heavy atom. The number of halogens is 1. The maximum atomic E-state index is 14.4. The van der Waals surface area contributed by atoms with Crippen LogP contribution < -0.4 is 5.32 Å². The highest BCUT2D eigenvalue weighted by molar-refractivity contribution is 5.76. The Balaban J connectivity index is 1.85. The molecule has 0 amide bonds. The summed E-state index contributed by atoms with van der Waals surface area (Å²) in [5.74, 6) is -0.271. The van der Waals surface area contributed by atoms with Gasteiger partial charge in [0.25, 0.3) is 0 Å². The molecule has 0 saturated carbocycles. The van der Waals surface area contributed by atoms with Crippen LogP contribution in [0.25, 0.3) is 5.57 Å². The summed E-state index contributed by atoms with van der Waals surface area (Å²) in [5, 5.41) is 2.94. The molecule has 0 aromatic heterocycles. The van der Waals surface area contributed by atoms with Gasteiger partial charge in [-0.05, 0) is 25.0 Å². The largest absolute Gasteiger partial charge is 0.351 e. The molecule has 2 aromatic rings. The van der Waals surface area contributed by atoms with Crippen molar-refractivity contribution in [2.45, 2.75) is 19.9 Å². The van der Waals surface area contributed by atoms with Crippen LogP contribution in [0.4, 0.5) is 4.39 Å². The number of hydrogen-bond acceptors (Lipinski definition) is 1. The first kappa shape index (κ1) is 13.6. The summed E-state index contributed by atoms with van der Waals surface area (Å²) in [4.78, 5) is 0. The second kappa shape index (κ2) is 5.57. The van der Waals surface area contributed by atoms with Gasteiger partial charge in [0.15, 0.2) is 5.95 Å². The number of nitrogens with one attached hydrogen (secondary N) is 1. The highest BCUT2D eigenvalue weighted by Gasteiger charge is 2.17. The standard InChI is InChI=1S/C19H18FN/c1-13-3-7-15(8-4-13)17-11-12-18(21-19(17)20)16-9-5-14(2)6-10-16/h3-12,18,21H,1-2H3. The zero-order valence-corrected chi connectivity index (χ0v) is 12.2. The first-order valence-corrected chi connectivity index (χ1v) is 7.11. The molecule has 2 aromatic carbocycles. The molecule has 1 nitrogen and oxygen atoms in total. The molecule has 0 saturated heterocycles. The van der Waals surface area contributed by atoms with E-state index in [1.165, 1.54) is 11.1 Å². The molecule has 1 heterocycles. The molecule has 3 rings (SSSR count). The van der Waals surface area contributed by atoms with E-state index in [4.69, 9.17) is 0 Å². The summed E-state index contributed by atoms with van der Waals surface area (Å²) in [6.45, 7) is 4.07. The predicted octanol–water partition coefficient (Wildman–Crippen LogP) is 4.84. The minimum atomic E-state index is -0.271. The van der Waals surface area contributed by atoms with Crippen LogP contribution in [0.3, 0.4) is 0 Å². The fourth-order valence-electron chi connectivity index (χ4n) is 2.45. The van der Waals surface area contributed by atoms with Gasteiger partial charge >= 0.3 is 0 Å². The molecule has 0 fully saturated rings. The van der Waals surface area contributed by atoms with Crippen molar-refractivity contribution >= 4 is 5.57 Å². The molecule has 0 spiro atoms. The van der Waals surface area contributed by atoms with Crippen LogP contribution in [-0.2, 0) is 0 Å². The van der Waals surface area contributed by atoms with E-state index >= 15 is 0 Å². The van der Waals surface area contributed by atoms with Crippen molar-refractivity contribution in [3.8, 4) is 0 Å². The van der Waals surface area contributed by atoms with E-state index in [0.29, 0.717) is 5.57 Å². The van der Waals surface area contributed by atoms with Gasteiger partial charge in [0, 0.05) is 5.57 Å². The molecule has 1 atom stereocenters. The Morgan fingerprint density at radius 2 is 1.43 bits per heavy atom. The van der Waals surface area contributed by atoms with E-state index in [0.717, 1.165) is 11.1 Å². The fourth-order valence-corrected chi connectivity index (χ4v) is 2.45. The second-order valence-corrected chi connectivity index (χ2v) is 5.49. The van der Waals surface area contributed by atoms with E-state index in [2.05, 4.69) is 5.32 Å². The average molecular weight is 279 g/mol. The van der Waals surface area contributed by atoms with Gasteiger partial charge in [0.05, 0.1) is 6.04 Å². The SMILES string of the molecule is Cc1ccc(C2=C(F)NC(c3ccc(C)cc3)C=C2)cc1. The van der Waals surface area contributed by atoms with Crippen molar-refractivity contribution in [3.63, 3.8) is 0 Å². The second-order valence-electron chi connectivity index (χ2n) is 5.49. The summed E-state index contributed by atoms with van der Waals surface area (Å²) in [7, 11) is 0. The molecule has 1 aliphatic heterocycles. The molecule has 1 unspecified atom stereocenters. The maximum Gasteiger partial charge on any atom is 0.195 e. The number of benzene rings is 2. The Hall–Kier alpha value is -2.35. The summed E-state index contributed by atoms with van der Waals surface area (Å²) in [6.07, 6.45) is 3.87. The molecule has 0 aliphatic carbocycles. The van der Waals surface area contributed by atoms with Crippen molar-refractivity contribution in [3.05, 3.63) is 88.9 Å². The van der Waals surface area contributed by atoms with Gasteiger partial charge < -0.3 is 5.32 Å². The molecule has 1 N–H and O–H groups in total. The van der Waals surface area contributed by atoms with Gasteiger partial charge in [-0.25, -0.2) is 0 Å². The van der Waals surface area contributed by atoms with E-state index in [9.17, 15) is 4.39 Å². The molecule has 0 radical (unpaired) electrons. The lowest BCUT2D eigenvalue weighted by Crippen LogP contribution is -2.20. The Kier molecular flexibility index (Phi) is 3.61. The number of hydrogen-bond donors (Lipinski definition) is 1. The monoisotopic (exact) mass is 279 g/mol. The highest BCUT2D eigenvalue weighted by atomic mass is 19.1. The third-order valence-electron chi connectivity index (χ3n) is 3.77. The number of allylic oxidation sites excluding steroid dienone is 2. The first-order valence-electron chi connectivity index (χ1n) is 7.11. The summed E-state index contributed by atoms with van der Waals surface area (Å²) >= 11 is 0. The quantitative estimate of drug-likeness (QED) is 0.775. The summed E-state index contributed by atoms with van der Waals surface area (Å²) in [5.41, 5.74) is 4.94. The third kappa shape index (κ3) is 2.89. The topological polar surface area (TPSA) is 12.0 Å². The smallest absolute Gasteiger partial charge is 0.195 e. The van der Waals surface area contributed by atoms with Crippen LogP contribution in [0.1, 0.15) is 28.3 Å². The van der Waals surface area contributed by atoms with Gasteiger partial charge in [-0.2, -0.15) is 4.39 Å². The van der Waals surface area contributed by atoms with Crippen LogP contribution in [0.2, 0.25) is 0 Å². The van der Waals surface area contributed by atoms with E-state index in [1.54, 1.807) is 0 Å². The average Bonchev–Trinajstić information content (AvgIpc) is 2.49. The zero-order valence-electron chi connectivity index (χ0n) is 12.2. The Labute approximate surface area is 124 Å². The van der Waals surface area contributed by atoms with Crippen LogP contribution in [0, 0.1) is 13.8 Å². The van der Waals surface area contributed by atoms with E-state index < -0.39 is 0 Å². The first-order chi connectivity index (χ1) is 10.1. The molecule has 106 valence electrons. The predicted molar refractivity (Wildman–Crippen MR) is 85.4 cm³/mol. The minimum absolute atomic E-state index is 0.111. The van der Waals surface area contributed by atoms with Crippen LogP contribution in [0.15, 0.2) is 66.6 Å². The van der Waals surface area contributed by atoms with Crippen LogP contribution in [-0.4, -0.2) is 0 Å². The highest BCUT2D eigenvalue weighted by Crippen LogP contribution is 2.29. The van der Waals surface area contributed by atoms with Crippen molar-refractivity contribution in [2.24, 2.45) is 0 Å². The van der Waals surface area contributed by atoms with Gasteiger partial charge in [-0.3, -0.25) is 0 Å². The molecule has 21 heavy (non-hydrogen) atoms. The lowest BCUT2D eigenvalue weighted by atomic mass is 9.98. The van der Waals surface area contributed by atoms with Gasteiger partial charge in [-0.1, -0.05) is 71.8 Å². The summed E-state index contributed by atoms with van der Waals surface area (Å²) in [6, 6.07) is 15.9. The lowest BCUT2D eigenvalue weighted by Gasteiger charge is -2.21. The van der Waals surface area contributed by atoms with Crippen molar-refractivity contribution in [1.29, 1.82) is 0 Å². The van der Waals surface area contributed by atoms with Gasteiger partial charge in [0.2, 0.25) is 0 Å². The number of dihydropyridines is 1. The lowest BCUT2D eigenvalue weighted by molar-refractivity contribution is 0.515. The molecular weight excluding hydrogens is 261 g/mol. The van der Waals surface area contributed by atoms with Gasteiger partial charge in [0.1, 0.15) is 0 Å². The Bertz CT molecular complexity index is 693. The van der Waals surface area contributed by atoms with Crippen molar-refractivity contribution < 1.29 is 4.39 Å². The van der Waals surface area contributed by atoms with Gasteiger partial charge in [-0.15, -0.1) is 0 Å². The Morgan fingerprint density at radius 3 is 2.00 bits per heavy atom. The maximum absolute atomic E-state index is 14.4. The zero-order chi connectivity index (χ0) is 14.8. The summed E-state index contributed by atoms with van der Waals surface area (Å²) < 4.78 is 14.4. The van der Waals surface area contributed by atoms with Crippen molar-refractivity contribution in [2.75, 3.05) is 0 Å². The minimum Gasteiger partial charge on any atom is -0.351 e. The number of aryl methyl sites for hydroxylation is 2. The fraction of sp³-hybridized carbons (Fsp3) is 0.158.